The van der Waals surface area contributed by atoms with Crippen LogP contribution >= 0.6 is 28.3 Å². The first-order valence-corrected chi connectivity index (χ1v) is 6.58. The topological polar surface area (TPSA) is 46.2 Å². The molecule has 0 heterocycles. The third kappa shape index (κ3) is 3.22. The fourth-order valence-corrected chi connectivity index (χ4v) is 2.92. The minimum absolute atomic E-state index is 0. The summed E-state index contributed by atoms with van der Waals surface area (Å²) in [6.07, 6.45) is 3.04. The largest absolute Gasteiger partial charge is 0.391 e. The van der Waals surface area contributed by atoms with Crippen molar-refractivity contribution in [2.75, 3.05) is 0 Å². The van der Waals surface area contributed by atoms with Gasteiger partial charge in [0, 0.05) is 4.47 Å². The number of aliphatic hydroxyl groups excluding tert-OH is 1. The van der Waals surface area contributed by atoms with E-state index in [1.54, 1.807) is 0 Å². The van der Waals surface area contributed by atoms with Gasteiger partial charge in [0.15, 0.2) is 0 Å². The molecule has 3 N–H and O–H groups in total. The van der Waals surface area contributed by atoms with E-state index in [4.69, 9.17) is 5.73 Å². The highest BCUT2D eigenvalue weighted by Crippen LogP contribution is 2.36. The number of nitrogens with two attached hydrogens (primary N) is 1. The molecule has 1 saturated carbocycles. The number of hydrogen-bond donors (Lipinski definition) is 2. The van der Waals surface area contributed by atoms with Crippen molar-refractivity contribution in [1.29, 1.82) is 0 Å². The molecule has 1 fully saturated rings. The van der Waals surface area contributed by atoms with E-state index in [0.717, 1.165) is 22.9 Å². The van der Waals surface area contributed by atoms with Crippen LogP contribution in [0.2, 0.25) is 0 Å². The van der Waals surface area contributed by atoms with Crippen LogP contribution in [0.15, 0.2) is 22.7 Å². The molecule has 1 aromatic carbocycles. The van der Waals surface area contributed by atoms with E-state index in [0.29, 0.717) is 5.92 Å². The van der Waals surface area contributed by atoms with Crippen LogP contribution in [-0.2, 0) is 0 Å². The highest BCUT2D eigenvalue weighted by atomic mass is 79.9. The van der Waals surface area contributed by atoms with Crippen molar-refractivity contribution < 1.29 is 5.11 Å². The van der Waals surface area contributed by atoms with E-state index in [1.165, 1.54) is 12.0 Å². The zero-order valence-electron chi connectivity index (χ0n) is 9.90. The first-order chi connectivity index (χ1) is 7.59. The summed E-state index contributed by atoms with van der Waals surface area (Å²) in [6, 6.07) is 5.81. The minimum atomic E-state index is -0.409. The quantitative estimate of drug-likeness (QED) is 0.897. The van der Waals surface area contributed by atoms with Gasteiger partial charge in [0.2, 0.25) is 0 Å². The maximum atomic E-state index is 10.1. The molecule has 1 aliphatic carbocycles. The zero-order chi connectivity index (χ0) is 11.7. The van der Waals surface area contributed by atoms with Crippen molar-refractivity contribution in [2.45, 2.75) is 38.3 Å². The van der Waals surface area contributed by atoms with E-state index >= 15 is 0 Å². The van der Waals surface area contributed by atoms with Crippen molar-refractivity contribution in [2.24, 2.45) is 11.7 Å². The molecule has 2 atom stereocenters. The lowest BCUT2D eigenvalue weighted by Gasteiger charge is -2.34. The molecule has 1 aromatic rings. The molecular weight excluding hydrogens is 302 g/mol. The molecule has 0 amide bonds. The predicted molar refractivity (Wildman–Crippen MR) is 76.4 cm³/mol. The second-order valence-corrected chi connectivity index (χ2v) is 5.59. The summed E-state index contributed by atoms with van der Waals surface area (Å²) in [7, 11) is 0. The Labute approximate surface area is 117 Å². The number of benzene rings is 1. The Morgan fingerprint density at radius 2 is 2.06 bits per heavy atom. The molecule has 0 aliphatic heterocycles. The molecule has 0 saturated heterocycles. The number of aliphatic hydroxyl groups is 1. The van der Waals surface area contributed by atoms with Crippen LogP contribution < -0.4 is 5.73 Å². The highest BCUT2D eigenvalue weighted by molar-refractivity contribution is 9.10. The van der Waals surface area contributed by atoms with E-state index in [2.05, 4.69) is 15.9 Å². The first-order valence-electron chi connectivity index (χ1n) is 5.79. The van der Waals surface area contributed by atoms with E-state index in [-0.39, 0.29) is 18.4 Å². The lowest BCUT2D eigenvalue weighted by Crippen LogP contribution is -2.36. The summed E-state index contributed by atoms with van der Waals surface area (Å²) < 4.78 is 0.998. The van der Waals surface area contributed by atoms with Gasteiger partial charge in [0.05, 0.1) is 12.1 Å². The van der Waals surface area contributed by atoms with Gasteiger partial charge in [-0.3, -0.25) is 0 Å². The van der Waals surface area contributed by atoms with Crippen molar-refractivity contribution >= 4 is 28.3 Å². The van der Waals surface area contributed by atoms with Gasteiger partial charge >= 0.3 is 0 Å². The van der Waals surface area contributed by atoms with Gasteiger partial charge < -0.3 is 10.8 Å². The number of aryl methyl sites for hydroxylation is 1. The fraction of sp³-hybridized carbons (Fsp3) is 0.538. The smallest absolute Gasteiger partial charge is 0.0761 e. The third-order valence-electron chi connectivity index (χ3n) is 3.52. The van der Waals surface area contributed by atoms with Crippen LogP contribution in [0.5, 0.6) is 0 Å². The van der Waals surface area contributed by atoms with Gasteiger partial charge in [-0.15, -0.1) is 12.4 Å². The van der Waals surface area contributed by atoms with Gasteiger partial charge in [-0.25, -0.2) is 0 Å². The average Bonchev–Trinajstić information content (AvgIpc) is 2.14. The van der Waals surface area contributed by atoms with Gasteiger partial charge in [0.1, 0.15) is 0 Å². The standard InChI is InChI=1S/C13H18BrNO.ClH/c1-8-5-6-10(11(14)7-8)12(15)13(16)9-3-2-4-9;/h5-7,9,12-13,16H,2-4,15H2,1H3;1H/t12-,13+;/m0./s1. The third-order valence-corrected chi connectivity index (χ3v) is 4.20. The van der Waals surface area contributed by atoms with Gasteiger partial charge in [-0.05, 0) is 42.9 Å². The molecule has 0 bridgehead atoms. The lowest BCUT2D eigenvalue weighted by atomic mass is 9.77. The van der Waals surface area contributed by atoms with E-state index in [9.17, 15) is 5.11 Å². The van der Waals surface area contributed by atoms with Gasteiger partial charge in [-0.2, -0.15) is 0 Å². The Morgan fingerprint density at radius 1 is 1.41 bits per heavy atom. The normalized spacial score (nSPS) is 19.1. The zero-order valence-corrected chi connectivity index (χ0v) is 12.3. The Balaban J connectivity index is 0.00000144. The molecule has 17 heavy (non-hydrogen) atoms. The van der Waals surface area contributed by atoms with Crippen molar-refractivity contribution in [1.82, 2.24) is 0 Å². The van der Waals surface area contributed by atoms with Crippen LogP contribution in [0.4, 0.5) is 0 Å². The van der Waals surface area contributed by atoms with E-state index < -0.39 is 6.10 Å². The Hall–Kier alpha value is -0.0900. The monoisotopic (exact) mass is 319 g/mol. The maximum absolute atomic E-state index is 10.1. The van der Waals surface area contributed by atoms with Crippen LogP contribution in [0.1, 0.15) is 36.4 Å². The van der Waals surface area contributed by atoms with Crippen LogP contribution in [-0.4, -0.2) is 11.2 Å². The second kappa shape index (κ2) is 6.19. The van der Waals surface area contributed by atoms with Crippen LogP contribution in [0, 0.1) is 12.8 Å². The molecule has 0 aromatic heterocycles. The SMILES string of the molecule is Cc1ccc([C@H](N)[C@H](O)C2CCC2)c(Br)c1.Cl. The predicted octanol–water partition coefficient (Wildman–Crippen LogP) is 3.34. The van der Waals surface area contributed by atoms with Crippen molar-refractivity contribution in [3.8, 4) is 0 Å². The molecule has 4 heteroatoms. The molecule has 2 nitrogen and oxygen atoms in total. The van der Waals surface area contributed by atoms with Gasteiger partial charge in [-0.1, -0.05) is 34.5 Å². The second-order valence-electron chi connectivity index (χ2n) is 4.73. The highest BCUT2D eigenvalue weighted by Gasteiger charge is 2.31. The summed E-state index contributed by atoms with van der Waals surface area (Å²) >= 11 is 3.51. The average molecular weight is 321 g/mol. The van der Waals surface area contributed by atoms with Crippen LogP contribution in [0.3, 0.4) is 0 Å². The van der Waals surface area contributed by atoms with E-state index in [1.807, 2.05) is 25.1 Å². The molecule has 96 valence electrons. The Bertz CT molecular complexity index is 382. The maximum Gasteiger partial charge on any atom is 0.0761 e. The molecule has 0 radical (unpaired) electrons. The summed E-state index contributed by atoms with van der Waals surface area (Å²) in [5.74, 6) is 0.392. The molecule has 2 rings (SSSR count). The molecule has 0 unspecified atom stereocenters. The minimum Gasteiger partial charge on any atom is -0.391 e. The first kappa shape index (κ1) is 15.0. The fourth-order valence-electron chi connectivity index (χ4n) is 2.16. The Kier molecular flexibility index (Phi) is 5.45. The van der Waals surface area contributed by atoms with Gasteiger partial charge in [0.25, 0.3) is 0 Å². The summed E-state index contributed by atoms with van der Waals surface area (Å²) in [5.41, 5.74) is 8.32. The summed E-state index contributed by atoms with van der Waals surface area (Å²) in [6.45, 7) is 2.04. The molecular formula is C13H19BrClNO. The number of halogens is 2. The lowest BCUT2D eigenvalue weighted by molar-refractivity contribution is 0.0412. The van der Waals surface area contributed by atoms with Crippen LogP contribution in [0.25, 0.3) is 0 Å². The number of rotatable bonds is 3. The molecule has 0 spiro atoms. The van der Waals surface area contributed by atoms with Crippen molar-refractivity contribution in [3.05, 3.63) is 33.8 Å². The summed E-state index contributed by atoms with van der Waals surface area (Å²) in [4.78, 5) is 0. The van der Waals surface area contributed by atoms with Crippen molar-refractivity contribution in [3.63, 3.8) is 0 Å². The summed E-state index contributed by atoms with van der Waals surface area (Å²) in [5, 5.41) is 10.1. The number of hydrogen-bond acceptors (Lipinski definition) is 2. The molecule has 1 aliphatic rings. The Morgan fingerprint density at radius 3 is 2.53 bits per heavy atom.